The molecule has 3 aliphatic rings. The Kier molecular flexibility index (Phi) is 7.19. The van der Waals surface area contributed by atoms with Crippen molar-refractivity contribution in [1.29, 1.82) is 0 Å². The first kappa shape index (κ1) is 23.0. The number of hydrogen-bond acceptors (Lipinski definition) is 6. The summed E-state index contributed by atoms with van der Waals surface area (Å²) in [6.07, 6.45) is 20.6. The molecule has 0 fully saturated rings. The Morgan fingerprint density at radius 2 is 2.09 bits per heavy atom. The van der Waals surface area contributed by atoms with Gasteiger partial charge in [-0.05, 0) is 44.3 Å². The van der Waals surface area contributed by atoms with Gasteiger partial charge < -0.3 is 16.0 Å². The molecule has 3 N–H and O–H groups in total. The van der Waals surface area contributed by atoms with Crippen molar-refractivity contribution in [1.82, 2.24) is 26.1 Å². The molecular weight excluding hydrogens is 424 g/mol. The predicted molar refractivity (Wildman–Crippen MR) is 136 cm³/mol. The molecule has 0 bridgehead atoms. The smallest absolute Gasteiger partial charge is 0.232 e. The minimum Gasteiger partial charge on any atom is -0.369 e. The van der Waals surface area contributed by atoms with Gasteiger partial charge in [-0.25, -0.2) is 4.99 Å². The second-order valence-corrected chi connectivity index (χ2v) is 8.28. The molecule has 7 nitrogen and oxygen atoms in total. The number of carbonyl (C=O) groups excluding carboxylic acids is 1. The summed E-state index contributed by atoms with van der Waals surface area (Å²) in [6.45, 7) is 7.83. The highest BCUT2D eigenvalue weighted by Gasteiger charge is 2.32. The van der Waals surface area contributed by atoms with Crippen LogP contribution in [0.3, 0.4) is 0 Å². The van der Waals surface area contributed by atoms with Gasteiger partial charge in [-0.15, -0.1) is 0 Å². The van der Waals surface area contributed by atoms with Crippen LogP contribution in [-0.4, -0.2) is 34.5 Å². The molecular formula is C27H28N6O. The standard InChI is InChI=1S/C27H28N6O/c1-4-7-19(14-18(2)3)25(26-29-12-13-30-26)27(34)32-21-10-11-28-16-20(15-21)23-17-31-33-24-9-6-5-8-22(23)24/h4,7-9,12-17,21,25-26,29-30H,2,5-6H2,1,3H3,(H,32,34)/b7-4-,19-14+. The maximum Gasteiger partial charge on any atom is 0.232 e. The van der Waals surface area contributed by atoms with E-state index < -0.39 is 12.0 Å². The van der Waals surface area contributed by atoms with Crippen LogP contribution in [0.5, 0.6) is 0 Å². The van der Waals surface area contributed by atoms with Gasteiger partial charge in [0, 0.05) is 41.0 Å². The fourth-order valence-electron chi connectivity index (χ4n) is 4.16. The Morgan fingerprint density at radius 3 is 2.85 bits per heavy atom. The van der Waals surface area contributed by atoms with Crippen molar-refractivity contribution >= 4 is 29.8 Å². The largest absolute Gasteiger partial charge is 0.369 e. The molecule has 1 aromatic rings. The van der Waals surface area contributed by atoms with Gasteiger partial charge in [-0.2, -0.15) is 10.2 Å². The van der Waals surface area contributed by atoms with Crippen molar-refractivity contribution in [3.8, 4) is 12.0 Å². The number of rotatable bonds is 7. The van der Waals surface area contributed by atoms with E-state index >= 15 is 0 Å². The van der Waals surface area contributed by atoms with E-state index in [4.69, 9.17) is 0 Å². The van der Waals surface area contributed by atoms with Crippen LogP contribution in [-0.2, 0) is 4.79 Å². The van der Waals surface area contributed by atoms with Crippen LogP contribution in [0.15, 0.2) is 65.6 Å². The SMILES string of the molecule is C=C(C)/C=C(\C=C/C)C(C(=O)NC1C#CN=CC(c2cnnc3c2=CCCC=3)=C1)C1NC=CN1. The minimum atomic E-state index is -0.519. The molecule has 1 aromatic heterocycles. The average molecular weight is 453 g/mol. The first-order valence-corrected chi connectivity index (χ1v) is 11.3. The van der Waals surface area contributed by atoms with Crippen LogP contribution >= 0.6 is 0 Å². The first-order chi connectivity index (χ1) is 16.6. The number of aromatic nitrogens is 2. The van der Waals surface area contributed by atoms with Crippen LogP contribution in [0.4, 0.5) is 0 Å². The number of carbonyl (C=O) groups is 1. The third kappa shape index (κ3) is 5.24. The number of fused-ring (bicyclic) bond motifs is 1. The highest BCUT2D eigenvalue weighted by Crippen LogP contribution is 2.21. The van der Waals surface area contributed by atoms with Crippen molar-refractivity contribution in [2.45, 2.75) is 38.9 Å². The van der Waals surface area contributed by atoms with Crippen molar-refractivity contribution in [3.63, 3.8) is 0 Å². The summed E-state index contributed by atoms with van der Waals surface area (Å²) in [5, 5.41) is 19.8. The Balaban J connectivity index is 1.65. The van der Waals surface area contributed by atoms with Crippen molar-refractivity contribution < 1.29 is 4.79 Å². The molecule has 2 aliphatic heterocycles. The summed E-state index contributed by atoms with van der Waals surface area (Å²) >= 11 is 0. The molecule has 2 atom stereocenters. The summed E-state index contributed by atoms with van der Waals surface area (Å²) < 4.78 is 0. The molecule has 0 saturated carbocycles. The number of amides is 1. The molecule has 1 aliphatic carbocycles. The van der Waals surface area contributed by atoms with E-state index in [1.165, 1.54) is 0 Å². The monoisotopic (exact) mass is 452 g/mol. The van der Waals surface area contributed by atoms with E-state index in [0.717, 1.165) is 45.7 Å². The second kappa shape index (κ2) is 10.6. The van der Waals surface area contributed by atoms with Crippen LogP contribution < -0.4 is 26.5 Å². The van der Waals surface area contributed by atoms with E-state index in [0.29, 0.717) is 0 Å². The molecule has 2 unspecified atom stereocenters. The van der Waals surface area contributed by atoms with Crippen molar-refractivity contribution in [2.24, 2.45) is 10.9 Å². The number of aliphatic imine (C=N–C) groups is 1. The molecule has 0 saturated heterocycles. The summed E-state index contributed by atoms with van der Waals surface area (Å²) in [7, 11) is 0. The highest BCUT2D eigenvalue weighted by atomic mass is 16.2. The molecule has 0 spiro atoms. The van der Waals surface area contributed by atoms with Crippen LogP contribution in [0.25, 0.3) is 17.7 Å². The molecule has 0 radical (unpaired) electrons. The van der Waals surface area contributed by atoms with Gasteiger partial charge in [0.2, 0.25) is 5.91 Å². The van der Waals surface area contributed by atoms with Gasteiger partial charge >= 0.3 is 0 Å². The van der Waals surface area contributed by atoms with Gasteiger partial charge in [0.15, 0.2) is 0 Å². The maximum atomic E-state index is 13.6. The van der Waals surface area contributed by atoms with Gasteiger partial charge in [-0.3, -0.25) is 4.79 Å². The fraction of sp³-hybridized carbons (Fsp3) is 0.259. The molecule has 1 amide bonds. The van der Waals surface area contributed by atoms with Gasteiger partial charge in [0.25, 0.3) is 0 Å². The predicted octanol–water partition coefficient (Wildman–Crippen LogP) is 1.43. The maximum absolute atomic E-state index is 13.6. The van der Waals surface area contributed by atoms with Crippen LogP contribution in [0, 0.1) is 17.9 Å². The van der Waals surface area contributed by atoms with Crippen molar-refractivity contribution in [3.05, 3.63) is 76.8 Å². The van der Waals surface area contributed by atoms with E-state index in [1.54, 1.807) is 24.8 Å². The lowest BCUT2D eigenvalue weighted by Gasteiger charge is -2.26. The Morgan fingerprint density at radius 1 is 1.29 bits per heavy atom. The summed E-state index contributed by atoms with van der Waals surface area (Å²) in [5.74, 6) is 2.36. The number of nitrogens with one attached hydrogen (secondary N) is 3. The molecule has 34 heavy (non-hydrogen) atoms. The van der Waals surface area contributed by atoms with E-state index in [2.05, 4.69) is 61.8 Å². The van der Waals surface area contributed by atoms with E-state index in [-0.39, 0.29) is 12.1 Å². The lowest BCUT2D eigenvalue weighted by Crippen LogP contribution is -2.49. The number of nitrogens with zero attached hydrogens (tertiary/aromatic N) is 3. The van der Waals surface area contributed by atoms with Crippen LogP contribution in [0.1, 0.15) is 32.3 Å². The number of hydrogen-bond donors (Lipinski definition) is 3. The normalized spacial score (nSPS) is 19.9. The highest BCUT2D eigenvalue weighted by molar-refractivity contribution is 6.10. The zero-order chi connectivity index (χ0) is 23.9. The zero-order valence-corrected chi connectivity index (χ0v) is 19.4. The van der Waals surface area contributed by atoms with E-state index in [1.807, 2.05) is 38.2 Å². The molecule has 3 heterocycles. The summed E-state index contributed by atoms with van der Waals surface area (Å²) in [6, 6.07) is 2.27. The van der Waals surface area contributed by atoms with Crippen LogP contribution in [0.2, 0.25) is 0 Å². The minimum absolute atomic E-state index is 0.161. The summed E-state index contributed by atoms with van der Waals surface area (Å²) in [4.78, 5) is 17.8. The Bertz CT molecular complexity index is 1310. The van der Waals surface area contributed by atoms with Gasteiger partial charge in [0.05, 0.1) is 11.5 Å². The summed E-state index contributed by atoms with van der Waals surface area (Å²) in [5.41, 5.74) is 3.47. The lowest BCUT2D eigenvalue weighted by atomic mass is 9.92. The molecule has 172 valence electrons. The zero-order valence-electron chi connectivity index (χ0n) is 19.4. The third-order valence-electron chi connectivity index (χ3n) is 5.60. The van der Waals surface area contributed by atoms with Gasteiger partial charge in [0.1, 0.15) is 18.1 Å². The van der Waals surface area contributed by atoms with Gasteiger partial charge in [-0.1, -0.05) is 42.5 Å². The lowest BCUT2D eigenvalue weighted by molar-refractivity contribution is -0.124. The molecule has 7 heteroatoms. The average Bonchev–Trinajstić information content (AvgIpc) is 3.24. The quantitative estimate of drug-likeness (QED) is 0.430. The molecule has 4 rings (SSSR count). The Labute approximate surface area is 199 Å². The third-order valence-corrected chi connectivity index (χ3v) is 5.60. The number of allylic oxidation sites excluding steroid dienone is 5. The molecule has 0 aromatic carbocycles. The first-order valence-electron chi connectivity index (χ1n) is 11.3. The fourth-order valence-corrected chi connectivity index (χ4v) is 4.16. The van der Waals surface area contributed by atoms with Crippen molar-refractivity contribution in [2.75, 3.05) is 0 Å². The second-order valence-electron chi connectivity index (χ2n) is 8.28. The van der Waals surface area contributed by atoms with E-state index in [9.17, 15) is 4.79 Å². The Hall–Kier alpha value is -4.18. The topological polar surface area (TPSA) is 91.3 Å².